The highest BCUT2D eigenvalue weighted by molar-refractivity contribution is 6.04. The number of carbonyl (C=O) groups excluding carboxylic acids is 2. The Morgan fingerprint density at radius 2 is 2.00 bits per heavy atom. The number of amides is 3. The highest BCUT2D eigenvalue weighted by Crippen LogP contribution is 2.26. The molecule has 1 atom stereocenters. The number of methoxy groups -OCH3 is 1. The summed E-state index contributed by atoms with van der Waals surface area (Å²) in [6, 6.07) is -0.414. The molecule has 1 N–H and O–H groups in total. The van der Waals surface area contributed by atoms with Gasteiger partial charge in [0, 0.05) is 19.8 Å². The number of urea groups is 1. The fourth-order valence-electron chi connectivity index (χ4n) is 2.86. The van der Waals surface area contributed by atoms with Gasteiger partial charge in [-0.25, -0.2) is 4.79 Å². The third-order valence-corrected chi connectivity index (χ3v) is 3.83. The fraction of sp³-hybridized carbons (Fsp3) is 0.846. The molecular weight excluding hydrogens is 232 g/mol. The molecule has 1 aliphatic carbocycles. The number of nitrogens with one attached hydrogen (secondary N) is 1. The maximum atomic E-state index is 12.2. The summed E-state index contributed by atoms with van der Waals surface area (Å²) >= 11 is 0. The number of rotatable bonds is 5. The normalized spacial score (nSPS) is 25.6. The van der Waals surface area contributed by atoms with Crippen LogP contribution in [0.4, 0.5) is 4.79 Å². The summed E-state index contributed by atoms with van der Waals surface area (Å²) in [5.41, 5.74) is 0. The standard InChI is InChI=1S/C13H22N2O3/c1-18-9-5-8-11-12(16)15(13(17)14-11)10-6-3-2-4-7-10/h10-11H,2-9H2,1H3,(H,14,17). The zero-order valence-corrected chi connectivity index (χ0v) is 11.0. The van der Waals surface area contributed by atoms with E-state index >= 15 is 0 Å². The lowest BCUT2D eigenvalue weighted by Crippen LogP contribution is -2.42. The Bertz CT molecular complexity index is 313. The Kier molecular flexibility index (Phi) is 4.58. The summed E-state index contributed by atoms with van der Waals surface area (Å²) in [5, 5.41) is 2.79. The Labute approximate surface area is 108 Å². The predicted octanol–water partition coefficient (Wildman–Crippen LogP) is 1.67. The maximum Gasteiger partial charge on any atom is 0.325 e. The summed E-state index contributed by atoms with van der Waals surface area (Å²) in [7, 11) is 1.64. The first-order valence-corrected chi connectivity index (χ1v) is 6.86. The molecule has 18 heavy (non-hydrogen) atoms. The smallest absolute Gasteiger partial charge is 0.325 e. The third-order valence-electron chi connectivity index (χ3n) is 3.83. The van der Waals surface area contributed by atoms with Gasteiger partial charge >= 0.3 is 6.03 Å². The molecular formula is C13H22N2O3. The lowest BCUT2D eigenvalue weighted by molar-refractivity contribution is -0.129. The fourth-order valence-corrected chi connectivity index (χ4v) is 2.86. The Hall–Kier alpha value is -1.10. The van der Waals surface area contributed by atoms with Gasteiger partial charge in [-0.15, -0.1) is 0 Å². The van der Waals surface area contributed by atoms with Gasteiger partial charge < -0.3 is 10.1 Å². The molecule has 102 valence electrons. The van der Waals surface area contributed by atoms with Crippen molar-refractivity contribution in [1.82, 2.24) is 10.2 Å². The van der Waals surface area contributed by atoms with Gasteiger partial charge in [-0.3, -0.25) is 9.69 Å². The molecule has 2 fully saturated rings. The van der Waals surface area contributed by atoms with E-state index in [1.165, 1.54) is 11.3 Å². The minimum absolute atomic E-state index is 0.0389. The predicted molar refractivity (Wildman–Crippen MR) is 67.1 cm³/mol. The van der Waals surface area contributed by atoms with Crippen LogP contribution >= 0.6 is 0 Å². The second kappa shape index (κ2) is 6.18. The number of hydrogen-bond acceptors (Lipinski definition) is 3. The minimum atomic E-state index is -0.338. The molecule has 5 heteroatoms. The average molecular weight is 254 g/mol. The maximum absolute atomic E-state index is 12.2. The van der Waals surface area contributed by atoms with Crippen molar-refractivity contribution in [2.24, 2.45) is 0 Å². The van der Waals surface area contributed by atoms with E-state index in [4.69, 9.17) is 4.74 Å². The first-order chi connectivity index (χ1) is 8.74. The first-order valence-electron chi connectivity index (χ1n) is 6.86. The van der Waals surface area contributed by atoms with Crippen LogP contribution in [-0.4, -0.2) is 42.6 Å². The van der Waals surface area contributed by atoms with Gasteiger partial charge in [-0.1, -0.05) is 19.3 Å². The second-order valence-corrected chi connectivity index (χ2v) is 5.14. The molecule has 0 aromatic heterocycles. The van der Waals surface area contributed by atoms with E-state index in [0.717, 1.165) is 32.1 Å². The van der Waals surface area contributed by atoms with Crippen molar-refractivity contribution in [3.05, 3.63) is 0 Å². The molecule has 1 aliphatic heterocycles. The zero-order valence-electron chi connectivity index (χ0n) is 11.0. The van der Waals surface area contributed by atoms with Crippen LogP contribution in [-0.2, 0) is 9.53 Å². The Morgan fingerprint density at radius 3 is 2.67 bits per heavy atom. The van der Waals surface area contributed by atoms with Gasteiger partial charge in [-0.2, -0.15) is 0 Å². The monoisotopic (exact) mass is 254 g/mol. The van der Waals surface area contributed by atoms with Crippen LogP contribution in [0.2, 0.25) is 0 Å². The zero-order chi connectivity index (χ0) is 13.0. The highest BCUT2D eigenvalue weighted by atomic mass is 16.5. The van der Waals surface area contributed by atoms with E-state index in [2.05, 4.69) is 5.32 Å². The van der Waals surface area contributed by atoms with Crippen LogP contribution in [0.1, 0.15) is 44.9 Å². The van der Waals surface area contributed by atoms with E-state index in [1.807, 2.05) is 0 Å². The molecule has 0 bridgehead atoms. The van der Waals surface area contributed by atoms with Crippen molar-refractivity contribution in [3.63, 3.8) is 0 Å². The number of ether oxygens (including phenoxy) is 1. The van der Waals surface area contributed by atoms with Crippen molar-refractivity contribution in [2.75, 3.05) is 13.7 Å². The SMILES string of the molecule is COCCCC1NC(=O)N(C2CCCCC2)C1=O. The van der Waals surface area contributed by atoms with Crippen LogP contribution in [0.25, 0.3) is 0 Å². The quantitative estimate of drug-likeness (QED) is 0.599. The summed E-state index contributed by atoms with van der Waals surface area (Å²) < 4.78 is 4.97. The lowest BCUT2D eigenvalue weighted by atomic mass is 9.94. The van der Waals surface area contributed by atoms with Crippen molar-refractivity contribution in [1.29, 1.82) is 0 Å². The van der Waals surface area contributed by atoms with Crippen LogP contribution < -0.4 is 5.32 Å². The molecule has 1 unspecified atom stereocenters. The number of imide groups is 1. The Balaban J connectivity index is 1.91. The number of nitrogens with zero attached hydrogens (tertiary/aromatic N) is 1. The topological polar surface area (TPSA) is 58.6 Å². The van der Waals surface area contributed by atoms with Gasteiger partial charge in [0.1, 0.15) is 6.04 Å². The van der Waals surface area contributed by atoms with Crippen LogP contribution in [0.15, 0.2) is 0 Å². The highest BCUT2D eigenvalue weighted by Gasteiger charge is 2.41. The van der Waals surface area contributed by atoms with Gasteiger partial charge in [0.15, 0.2) is 0 Å². The van der Waals surface area contributed by atoms with E-state index in [9.17, 15) is 9.59 Å². The third kappa shape index (κ3) is 2.83. The van der Waals surface area contributed by atoms with Crippen LogP contribution in [0.3, 0.4) is 0 Å². The van der Waals surface area contributed by atoms with Crippen molar-refractivity contribution < 1.29 is 14.3 Å². The van der Waals surface area contributed by atoms with Gasteiger partial charge in [0.25, 0.3) is 5.91 Å². The van der Waals surface area contributed by atoms with Gasteiger partial charge in [0.05, 0.1) is 0 Å². The van der Waals surface area contributed by atoms with Crippen LogP contribution in [0.5, 0.6) is 0 Å². The first kappa shape index (κ1) is 13.3. The molecule has 1 saturated carbocycles. The van der Waals surface area contributed by atoms with Gasteiger partial charge in [0.2, 0.25) is 0 Å². The lowest BCUT2D eigenvalue weighted by Gasteiger charge is -2.28. The number of carbonyl (C=O) groups is 2. The Morgan fingerprint density at radius 1 is 1.28 bits per heavy atom. The molecule has 3 amide bonds. The summed E-state index contributed by atoms with van der Waals surface area (Å²) in [5.74, 6) is -0.0389. The molecule has 0 spiro atoms. The van der Waals surface area contributed by atoms with Crippen LogP contribution in [0, 0.1) is 0 Å². The summed E-state index contributed by atoms with van der Waals surface area (Å²) in [4.78, 5) is 25.6. The van der Waals surface area contributed by atoms with E-state index in [-0.39, 0.29) is 24.0 Å². The average Bonchev–Trinajstić information content (AvgIpc) is 2.66. The molecule has 1 heterocycles. The van der Waals surface area contributed by atoms with Gasteiger partial charge in [-0.05, 0) is 25.7 Å². The molecule has 0 radical (unpaired) electrons. The second-order valence-electron chi connectivity index (χ2n) is 5.14. The summed E-state index contributed by atoms with van der Waals surface area (Å²) in [6.45, 7) is 0.628. The molecule has 2 rings (SSSR count). The summed E-state index contributed by atoms with van der Waals surface area (Å²) in [6.07, 6.45) is 6.85. The largest absolute Gasteiger partial charge is 0.385 e. The van der Waals surface area contributed by atoms with E-state index in [1.54, 1.807) is 7.11 Å². The molecule has 1 saturated heterocycles. The molecule has 0 aromatic carbocycles. The van der Waals surface area contributed by atoms with Crippen molar-refractivity contribution >= 4 is 11.9 Å². The van der Waals surface area contributed by atoms with Crippen molar-refractivity contribution in [3.8, 4) is 0 Å². The van der Waals surface area contributed by atoms with E-state index in [0.29, 0.717) is 13.0 Å². The van der Waals surface area contributed by atoms with E-state index < -0.39 is 0 Å². The van der Waals surface area contributed by atoms with Crippen molar-refractivity contribution in [2.45, 2.75) is 57.0 Å². The molecule has 0 aromatic rings. The molecule has 5 nitrogen and oxygen atoms in total. The minimum Gasteiger partial charge on any atom is -0.385 e. The molecule has 2 aliphatic rings. The number of hydrogen-bond donors (Lipinski definition) is 1.